The normalized spacial score (nSPS) is 13.1. The molecule has 8 heteroatoms. The molecule has 0 spiro atoms. The predicted octanol–water partition coefficient (Wildman–Crippen LogP) is 4.29. The number of carbonyl (C=O) groups excluding carboxylic acids is 2. The molecule has 0 aliphatic carbocycles. The maximum absolute atomic E-state index is 13.4. The van der Waals surface area contributed by atoms with Crippen LogP contribution < -0.4 is 5.32 Å². The Morgan fingerprint density at radius 1 is 0.973 bits per heavy atom. The Kier molecular flexibility index (Phi) is 6.91. The number of benzene rings is 3. The van der Waals surface area contributed by atoms with E-state index in [0.717, 1.165) is 24.3 Å². The minimum absolute atomic E-state index is 0.0461. The average Bonchev–Trinajstić information content (AvgIpc) is 2.91. The summed E-state index contributed by atoms with van der Waals surface area (Å²) < 4.78 is 5.45. The molecule has 8 nitrogen and oxygen atoms in total. The fourth-order valence-corrected chi connectivity index (χ4v) is 4.59. The number of fused-ring (bicyclic) bond motifs is 2. The first-order valence-electron chi connectivity index (χ1n) is 11.9. The van der Waals surface area contributed by atoms with Gasteiger partial charge in [0.2, 0.25) is 0 Å². The first-order valence-corrected chi connectivity index (χ1v) is 11.9. The number of anilines is 1. The number of carbonyl (C=O) groups is 3. The van der Waals surface area contributed by atoms with Gasteiger partial charge in [-0.1, -0.05) is 54.6 Å². The molecule has 1 aliphatic heterocycles. The number of ether oxygens (including phenoxy) is 1. The van der Waals surface area contributed by atoms with Crippen molar-refractivity contribution in [1.29, 1.82) is 0 Å². The van der Waals surface area contributed by atoms with E-state index in [9.17, 15) is 14.4 Å². The van der Waals surface area contributed by atoms with Crippen molar-refractivity contribution in [3.05, 3.63) is 107 Å². The monoisotopic (exact) mass is 495 g/mol. The van der Waals surface area contributed by atoms with Crippen LogP contribution in [0.15, 0.2) is 78.9 Å². The van der Waals surface area contributed by atoms with Gasteiger partial charge in [0.25, 0.3) is 5.91 Å². The summed E-state index contributed by atoms with van der Waals surface area (Å²) in [5.41, 5.74) is 4.37. The van der Waals surface area contributed by atoms with Crippen molar-refractivity contribution in [2.45, 2.75) is 19.5 Å². The van der Waals surface area contributed by atoms with Gasteiger partial charge in [-0.15, -0.1) is 0 Å². The number of aromatic nitrogens is 1. The molecule has 1 aliphatic rings. The van der Waals surface area contributed by atoms with Crippen LogP contribution in [0.5, 0.6) is 0 Å². The molecule has 37 heavy (non-hydrogen) atoms. The molecule has 5 rings (SSSR count). The molecule has 4 aromatic rings. The van der Waals surface area contributed by atoms with E-state index in [1.807, 2.05) is 42.5 Å². The number of pyridine rings is 1. The Bertz CT molecular complexity index is 1490. The SMILES string of the molecule is O=C(COC(=O)c1c2c(nc3ccccc13)CCN(Cc1ccccc1)C2)Nc1cccc(C(=O)O)c1. The van der Waals surface area contributed by atoms with Gasteiger partial charge in [0.15, 0.2) is 6.61 Å². The average molecular weight is 496 g/mol. The highest BCUT2D eigenvalue weighted by molar-refractivity contribution is 6.06. The Morgan fingerprint density at radius 2 is 1.76 bits per heavy atom. The van der Waals surface area contributed by atoms with Crippen LogP contribution in [-0.2, 0) is 29.0 Å². The third kappa shape index (κ3) is 5.49. The number of rotatable bonds is 7. The van der Waals surface area contributed by atoms with Crippen LogP contribution in [0.3, 0.4) is 0 Å². The summed E-state index contributed by atoms with van der Waals surface area (Å²) in [4.78, 5) is 44.1. The lowest BCUT2D eigenvalue weighted by Crippen LogP contribution is -2.32. The molecule has 0 saturated carbocycles. The van der Waals surface area contributed by atoms with Crippen molar-refractivity contribution >= 4 is 34.4 Å². The molecule has 0 bridgehead atoms. The number of carboxylic acids is 1. The first kappa shape index (κ1) is 24.1. The third-order valence-electron chi connectivity index (χ3n) is 6.31. The van der Waals surface area contributed by atoms with E-state index in [2.05, 4.69) is 22.3 Å². The number of amides is 1. The number of para-hydroxylation sites is 1. The standard InChI is InChI=1S/C29H25N3O5/c33-26(30-21-10-6-9-20(15-21)28(34)35)18-37-29(36)27-22-11-4-5-12-24(22)31-25-13-14-32(17-23(25)27)16-19-7-2-1-3-8-19/h1-12,15H,13-14,16-18H2,(H,30,33)(H,34,35). The number of esters is 1. The van der Waals surface area contributed by atoms with E-state index in [-0.39, 0.29) is 5.56 Å². The summed E-state index contributed by atoms with van der Waals surface area (Å²) in [6.07, 6.45) is 0.702. The van der Waals surface area contributed by atoms with Gasteiger partial charge in [0.1, 0.15) is 0 Å². The highest BCUT2D eigenvalue weighted by atomic mass is 16.5. The number of hydrogen-bond acceptors (Lipinski definition) is 6. The lowest BCUT2D eigenvalue weighted by molar-refractivity contribution is -0.119. The van der Waals surface area contributed by atoms with E-state index in [1.165, 1.54) is 23.8 Å². The quantitative estimate of drug-likeness (QED) is 0.368. The van der Waals surface area contributed by atoms with Gasteiger partial charge in [-0.2, -0.15) is 0 Å². The summed E-state index contributed by atoms with van der Waals surface area (Å²) in [7, 11) is 0. The zero-order valence-electron chi connectivity index (χ0n) is 20.0. The van der Waals surface area contributed by atoms with Crippen LogP contribution in [0.4, 0.5) is 5.69 Å². The topological polar surface area (TPSA) is 109 Å². The van der Waals surface area contributed by atoms with Gasteiger partial charge in [-0.25, -0.2) is 9.59 Å². The van der Waals surface area contributed by atoms with Crippen molar-refractivity contribution in [3.63, 3.8) is 0 Å². The Morgan fingerprint density at radius 3 is 2.57 bits per heavy atom. The molecule has 0 fully saturated rings. The third-order valence-corrected chi connectivity index (χ3v) is 6.31. The summed E-state index contributed by atoms with van der Waals surface area (Å²) in [6, 6.07) is 23.5. The zero-order chi connectivity index (χ0) is 25.8. The van der Waals surface area contributed by atoms with Crippen LogP contribution in [0, 0.1) is 0 Å². The molecule has 0 atom stereocenters. The van der Waals surface area contributed by atoms with Crippen molar-refractivity contribution in [2.24, 2.45) is 0 Å². The summed E-state index contributed by atoms with van der Waals surface area (Å²) >= 11 is 0. The van der Waals surface area contributed by atoms with Crippen LogP contribution in [-0.4, -0.2) is 46.0 Å². The number of aromatic carboxylic acids is 1. The molecular weight excluding hydrogens is 470 g/mol. The maximum atomic E-state index is 13.4. The first-order chi connectivity index (χ1) is 18.0. The molecular formula is C29H25N3O5. The molecule has 1 aromatic heterocycles. The lowest BCUT2D eigenvalue weighted by Gasteiger charge is -2.30. The number of nitrogens with one attached hydrogen (secondary N) is 1. The summed E-state index contributed by atoms with van der Waals surface area (Å²) in [5.74, 6) is -2.25. The fraction of sp³-hybridized carbons (Fsp3) is 0.172. The van der Waals surface area contributed by atoms with Crippen molar-refractivity contribution in [2.75, 3.05) is 18.5 Å². The molecule has 2 heterocycles. The smallest absolute Gasteiger partial charge is 0.339 e. The molecule has 0 unspecified atom stereocenters. The molecule has 1 amide bonds. The summed E-state index contributed by atoms with van der Waals surface area (Å²) in [6.45, 7) is 1.61. The van der Waals surface area contributed by atoms with Crippen molar-refractivity contribution in [3.8, 4) is 0 Å². The highest BCUT2D eigenvalue weighted by Crippen LogP contribution is 2.29. The number of carboxylic acid groups (broad SMARTS) is 1. The zero-order valence-corrected chi connectivity index (χ0v) is 20.0. The number of nitrogens with zero attached hydrogens (tertiary/aromatic N) is 2. The molecule has 0 radical (unpaired) electrons. The lowest BCUT2D eigenvalue weighted by atomic mass is 9.95. The largest absolute Gasteiger partial charge is 0.478 e. The molecule has 0 saturated heterocycles. The van der Waals surface area contributed by atoms with Crippen LogP contribution in [0.2, 0.25) is 0 Å². The van der Waals surface area contributed by atoms with E-state index in [4.69, 9.17) is 14.8 Å². The Hall–Kier alpha value is -4.56. The van der Waals surface area contributed by atoms with Gasteiger partial charge >= 0.3 is 11.9 Å². The molecule has 3 aromatic carbocycles. The summed E-state index contributed by atoms with van der Waals surface area (Å²) in [5, 5.41) is 12.4. The van der Waals surface area contributed by atoms with Gasteiger partial charge < -0.3 is 15.2 Å². The van der Waals surface area contributed by atoms with Crippen LogP contribution in [0.25, 0.3) is 10.9 Å². The number of hydrogen-bond donors (Lipinski definition) is 2. The van der Waals surface area contributed by atoms with Gasteiger partial charge in [-0.05, 0) is 29.8 Å². The Labute approximate surface area is 213 Å². The van der Waals surface area contributed by atoms with Gasteiger partial charge in [0, 0.05) is 48.4 Å². The maximum Gasteiger partial charge on any atom is 0.339 e. The van der Waals surface area contributed by atoms with Crippen LogP contribution >= 0.6 is 0 Å². The minimum atomic E-state index is -1.10. The van der Waals surface area contributed by atoms with E-state index in [1.54, 1.807) is 6.07 Å². The van der Waals surface area contributed by atoms with E-state index < -0.39 is 24.5 Å². The van der Waals surface area contributed by atoms with E-state index in [0.29, 0.717) is 35.1 Å². The minimum Gasteiger partial charge on any atom is -0.478 e. The van der Waals surface area contributed by atoms with E-state index >= 15 is 0 Å². The predicted molar refractivity (Wildman–Crippen MR) is 138 cm³/mol. The second-order valence-electron chi connectivity index (χ2n) is 8.89. The second-order valence-corrected chi connectivity index (χ2v) is 8.89. The van der Waals surface area contributed by atoms with Crippen molar-refractivity contribution < 1.29 is 24.2 Å². The molecule has 186 valence electrons. The highest BCUT2D eigenvalue weighted by Gasteiger charge is 2.27. The second kappa shape index (κ2) is 10.6. The fourth-order valence-electron chi connectivity index (χ4n) is 4.59. The van der Waals surface area contributed by atoms with Crippen LogP contribution in [0.1, 0.15) is 37.5 Å². The van der Waals surface area contributed by atoms with Crippen molar-refractivity contribution in [1.82, 2.24) is 9.88 Å². The van der Waals surface area contributed by atoms with Gasteiger partial charge in [-0.3, -0.25) is 14.7 Å². The molecule has 2 N–H and O–H groups in total. The Balaban J connectivity index is 1.36. The van der Waals surface area contributed by atoms with Gasteiger partial charge in [0.05, 0.1) is 16.6 Å².